The molecule has 0 N–H and O–H groups in total. The molecule has 0 amide bonds. The Balaban J connectivity index is 1.50. The minimum Gasteiger partial charge on any atom is -0.423 e. The van der Waals surface area contributed by atoms with Crippen LogP contribution in [0.1, 0.15) is 21.5 Å². The first kappa shape index (κ1) is 18.8. The third-order valence-electron chi connectivity index (χ3n) is 4.10. The average Bonchev–Trinajstić information content (AvgIpc) is 3.10. The predicted molar refractivity (Wildman–Crippen MR) is 113 cm³/mol. The van der Waals surface area contributed by atoms with Gasteiger partial charge in [-0.25, -0.2) is 14.6 Å². The van der Waals surface area contributed by atoms with Crippen LogP contribution >= 0.6 is 15.9 Å². The SMILES string of the molecule is O=C1OC(c2cccc(Br)c2)=N/C1=C\c1ccc(OC(=O)c2ccccc2)cc1. The Kier molecular flexibility index (Phi) is 5.35. The summed E-state index contributed by atoms with van der Waals surface area (Å²) in [7, 11) is 0. The standard InChI is InChI=1S/C23H14BrNO4/c24-18-8-4-7-17(14-18)21-25-20(23(27)29-21)13-15-9-11-19(12-10-15)28-22(26)16-5-2-1-3-6-16/h1-14H/b20-13-. The van der Waals surface area contributed by atoms with Crippen molar-refractivity contribution in [1.82, 2.24) is 0 Å². The van der Waals surface area contributed by atoms with Crippen LogP contribution in [0.25, 0.3) is 6.08 Å². The molecule has 0 atom stereocenters. The molecule has 142 valence electrons. The van der Waals surface area contributed by atoms with Gasteiger partial charge >= 0.3 is 11.9 Å². The van der Waals surface area contributed by atoms with Crippen LogP contribution in [0.2, 0.25) is 0 Å². The highest BCUT2D eigenvalue weighted by Crippen LogP contribution is 2.22. The van der Waals surface area contributed by atoms with Gasteiger partial charge in [-0.1, -0.05) is 52.3 Å². The number of hydrogen-bond acceptors (Lipinski definition) is 5. The van der Waals surface area contributed by atoms with E-state index in [4.69, 9.17) is 9.47 Å². The van der Waals surface area contributed by atoms with Crippen LogP contribution in [0, 0.1) is 0 Å². The van der Waals surface area contributed by atoms with E-state index in [0.717, 1.165) is 10.0 Å². The fourth-order valence-corrected chi connectivity index (χ4v) is 3.08. The molecule has 3 aromatic carbocycles. The molecule has 0 aliphatic carbocycles. The number of rotatable bonds is 4. The van der Waals surface area contributed by atoms with Crippen LogP contribution in [0.5, 0.6) is 5.75 Å². The molecule has 1 aliphatic rings. The van der Waals surface area contributed by atoms with Gasteiger partial charge in [0, 0.05) is 10.0 Å². The Morgan fingerprint density at radius 3 is 2.45 bits per heavy atom. The summed E-state index contributed by atoms with van der Waals surface area (Å²) in [6.45, 7) is 0. The molecule has 1 aliphatic heterocycles. The van der Waals surface area contributed by atoms with Crippen molar-refractivity contribution in [2.45, 2.75) is 0 Å². The fraction of sp³-hybridized carbons (Fsp3) is 0. The van der Waals surface area contributed by atoms with Crippen LogP contribution in [0.3, 0.4) is 0 Å². The second-order valence-electron chi connectivity index (χ2n) is 6.17. The zero-order valence-electron chi connectivity index (χ0n) is 15.0. The highest BCUT2D eigenvalue weighted by Gasteiger charge is 2.24. The first-order valence-electron chi connectivity index (χ1n) is 8.74. The lowest BCUT2D eigenvalue weighted by Gasteiger charge is -2.04. The van der Waals surface area contributed by atoms with Gasteiger partial charge in [0.05, 0.1) is 5.56 Å². The number of benzene rings is 3. The lowest BCUT2D eigenvalue weighted by molar-refractivity contribution is -0.129. The van der Waals surface area contributed by atoms with Crippen molar-refractivity contribution in [3.63, 3.8) is 0 Å². The summed E-state index contributed by atoms with van der Waals surface area (Å²) in [5, 5.41) is 0. The van der Waals surface area contributed by atoms with Crippen molar-refractivity contribution in [3.05, 3.63) is 106 Å². The number of aliphatic imine (C=N–C) groups is 1. The Morgan fingerprint density at radius 2 is 1.72 bits per heavy atom. The summed E-state index contributed by atoms with van der Waals surface area (Å²) in [4.78, 5) is 28.5. The zero-order chi connectivity index (χ0) is 20.2. The molecule has 1 heterocycles. The maximum atomic E-state index is 12.1. The first-order chi connectivity index (χ1) is 14.1. The van der Waals surface area contributed by atoms with Gasteiger partial charge in [-0.05, 0) is 54.1 Å². The molecular weight excluding hydrogens is 434 g/mol. The van der Waals surface area contributed by atoms with Gasteiger partial charge in [-0.2, -0.15) is 0 Å². The molecule has 0 saturated carbocycles. The second kappa shape index (κ2) is 8.24. The van der Waals surface area contributed by atoms with E-state index >= 15 is 0 Å². The summed E-state index contributed by atoms with van der Waals surface area (Å²) in [6, 6.07) is 22.9. The normalized spacial score (nSPS) is 14.4. The molecule has 3 aromatic rings. The molecule has 6 heteroatoms. The van der Waals surface area contributed by atoms with Gasteiger partial charge in [0.25, 0.3) is 0 Å². The van der Waals surface area contributed by atoms with Gasteiger partial charge in [0.15, 0.2) is 5.70 Å². The van der Waals surface area contributed by atoms with Crippen LogP contribution < -0.4 is 4.74 Å². The molecular formula is C23H14BrNO4. The summed E-state index contributed by atoms with van der Waals surface area (Å²) in [5.74, 6) is -0.275. The molecule has 0 unspecified atom stereocenters. The number of halogens is 1. The smallest absolute Gasteiger partial charge is 0.363 e. The molecule has 0 bridgehead atoms. The van der Waals surface area contributed by atoms with Crippen LogP contribution in [-0.4, -0.2) is 17.8 Å². The van der Waals surface area contributed by atoms with Gasteiger partial charge < -0.3 is 9.47 Å². The van der Waals surface area contributed by atoms with Gasteiger partial charge in [-0.15, -0.1) is 0 Å². The van der Waals surface area contributed by atoms with Crippen molar-refractivity contribution in [2.75, 3.05) is 0 Å². The maximum absolute atomic E-state index is 12.1. The molecule has 4 rings (SSSR count). The van der Waals surface area contributed by atoms with Gasteiger partial charge in [-0.3, -0.25) is 0 Å². The number of carbonyl (C=O) groups excluding carboxylic acids is 2. The maximum Gasteiger partial charge on any atom is 0.363 e. The average molecular weight is 448 g/mol. The van der Waals surface area contributed by atoms with Crippen molar-refractivity contribution < 1.29 is 19.1 Å². The fourth-order valence-electron chi connectivity index (χ4n) is 2.68. The second-order valence-corrected chi connectivity index (χ2v) is 7.09. The van der Waals surface area contributed by atoms with Crippen LogP contribution in [-0.2, 0) is 9.53 Å². The highest BCUT2D eigenvalue weighted by molar-refractivity contribution is 9.10. The quantitative estimate of drug-likeness (QED) is 0.320. The van der Waals surface area contributed by atoms with E-state index in [0.29, 0.717) is 16.9 Å². The summed E-state index contributed by atoms with van der Waals surface area (Å²) >= 11 is 3.39. The molecule has 0 saturated heterocycles. The molecule has 0 fully saturated rings. The Bertz CT molecular complexity index is 1140. The Labute approximate surface area is 175 Å². The van der Waals surface area contributed by atoms with E-state index in [2.05, 4.69) is 20.9 Å². The highest BCUT2D eigenvalue weighted by atomic mass is 79.9. The van der Waals surface area contributed by atoms with Crippen molar-refractivity contribution in [2.24, 2.45) is 4.99 Å². The minimum absolute atomic E-state index is 0.203. The van der Waals surface area contributed by atoms with E-state index in [1.807, 2.05) is 30.3 Å². The lowest BCUT2D eigenvalue weighted by atomic mass is 10.2. The summed E-state index contributed by atoms with van der Waals surface area (Å²) < 4.78 is 11.5. The van der Waals surface area contributed by atoms with Crippen molar-refractivity contribution in [1.29, 1.82) is 0 Å². The molecule has 29 heavy (non-hydrogen) atoms. The summed E-state index contributed by atoms with van der Waals surface area (Å²) in [5.41, 5.74) is 2.12. The third kappa shape index (κ3) is 4.50. The van der Waals surface area contributed by atoms with Crippen LogP contribution in [0.4, 0.5) is 0 Å². The number of hydrogen-bond donors (Lipinski definition) is 0. The third-order valence-corrected chi connectivity index (χ3v) is 4.59. The molecule has 0 spiro atoms. The van der Waals surface area contributed by atoms with E-state index in [-0.39, 0.29) is 11.6 Å². The number of cyclic esters (lactones) is 1. The topological polar surface area (TPSA) is 65.0 Å². The van der Waals surface area contributed by atoms with E-state index < -0.39 is 11.9 Å². The number of esters is 2. The number of ether oxygens (including phenoxy) is 2. The number of carbonyl (C=O) groups is 2. The van der Waals surface area contributed by atoms with E-state index in [1.165, 1.54) is 0 Å². The minimum atomic E-state index is -0.514. The lowest BCUT2D eigenvalue weighted by Crippen LogP contribution is -2.07. The largest absolute Gasteiger partial charge is 0.423 e. The van der Waals surface area contributed by atoms with Crippen molar-refractivity contribution >= 4 is 39.8 Å². The van der Waals surface area contributed by atoms with E-state index in [9.17, 15) is 9.59 Å². The monoisotopic (exact) mass is 447 g/mol. The Hall–Kier alpha value is -3.51. The van der Waals surface area contributed by atoms with Gasteiger partial charge in [0.1, 0.15) is 5.75 Å². The Morgan fingerprint density at radius 1 is 0.966 bits per heavy atom. The predicted octanol–water partition coefficient (Wildman–Crippen LogP) is 5.01. The van der Waals surface area contributed by atoms with E-state index in [1.54, 1.807) is 54.6 Å². The molecule has 0 radical (unpaired) electrons. The summed E-state index contributed by atoms with van der Waals surface area (Å²) in [6.07, 6.45) is 1.62. The zero-order valence-corrected chi connectivity index (χ0v) is 16.6. The van der Waals surface area contributed by atoms with Crippen LogP contribution in [0.15, 0.2) is 94.0 Å². The number of nitrogens with zero attached hydrogens (tertiary/aromatic N) is 1. The molecule has 0 aromatic heterocycles. The van der Waals surface area contributed by atoms with Gasteiger partial charge in [0.2, 0.25) is 5.90 Å². The molecule has 5 nitrogen and oxygen atoms in total. The first-order valence-corrected chi connectivity index (χ1v) is 9.53. The van der Waals surface area contributed by atoms with Crippen molar-refractivity contribution in [3.8, 4) is 5.75 Å².